The van der Waals surface area contributed by atoms with Gasteiger partial charge in [-0.25, -0.2) is 13.8 Å². The van der Waals surface area contributed by atoms with Gasteiger partial charge in [-0.2, -0.15) is 14.6 Å². The van der Waals surface area contributed by atoms with Crippen LogP contribution in [0.15, 0.2) is 24.5 Å². The standard InChI is InChI=1S/C18H18F2N6O/c1-11-12(2)23-18-21-10-22-26(18)17(11)25-6-5-24(16(27)9-25)8-13-3-4-14(19)7-15(13)20/h3-4,7,10H,5-6,8-9H2,1-2H3. The topological polar surface area (TPSA) is 66.6 Å². The van der Waals surface area contributed by atoms with Crippen molar-refractivity contribution in [3.05, 3.63) is 53.0 Å². The maximum Gasteiger partial charge on any atom is 0.254 e. The Morgan fingerprint density at radius 2 is 2.00 bits per heavy atom. The molecule has 1 aromatic carbocycles. The van der Waals surface area contributed by atoms with Crippen molar-refractivity contribution in [2.45, 2.75) is 20.4 Å². The average Bonchev–Trinajstić information content (AvgIpc) is 3.07. The van der Waals surface area contributed by atoms with Crippen LogP contribution in [0.3, 0.4) is 0 Å². The first kappa shape index (κ1) is 17.3. The molecule has 1 fully saturated rings. The third kappa shape index (κ3) is 3.09. The van der Waals surface area contributed by atoms with Crippen molar-refractivity contribution in [1.82, 2.24) is 24.5 Å². The van der Waals surface area contributed by atoms with E-state index in [1.165, 1.54) is 18.5 Å². The van der Waals surface area contributed by atoms with Crippen molar-refractivity contribution >= 4 is 17.5 Å². The second-order valence-corrected chi connectivity index (χ2v) is 6.59. The Morgan fingerprint density at radius 1 is 1.19 bits per heavy atom. The van der Waals surface area contributed by atoms with Gasteiger partial charge in [0.05, 0.1) is 6.54 Å². The minimum atomic E-state index is -0.643. The molecule has 1 amide bonds. The Labute approximate surface area is 154 Å². The Bertz CT molecular complexity index is 1030. The molecule has 140 valence electrons. The lowest BCUT2D eigenvalue weighted by atomic mass is 10.1. The van der Waals surface area contributed by atoms with E-state index in [1.807, 2.05) is 18.7 Å². The van der Waals surface area contributed by atoms with Crippen molar-refractivity contribution in [2.75, 3.05) is 24.5 Å². The minimum absolute atomic E-state index is 0.117. The molecule has 0 spiro atoms. The van der Waals surface area contributed by atoms with Gasteiger partial charge in [-0.05, 0) is 19.9 Å². The van der Waals surface area contributed by atoms with E-state index in [-0.39, 0.29) is 19.0 Å². The van der Waals surface area contributed by atoms with E-state index in [0.717, 1.165) is 23.1 Å². The molecule has 4 rings (SSSR count). The molecule has 3 heterocycles. The number of piperazine rings is 1. The summed E-state index contributed by atoms with van der Waals surface area (Å²) in [6.45, 7) is 5.07. The van der Waals surface area contributed by atoms with Crippen LogP contribution in [0, 0.1) is 25.5 Å². The van der Waals surface area contributed by atoms with Crippen LogP contribution < -0.4 is 4.90 Å². The Balaban J connectivity index is 1.57. The van der Waals surface area contributed by atoms with Crippen LogP contribution >= 0.6 is 0 Å². The van der Waals surface area contributed by atoms with Crippen molar-refractivity contribution in [3.63, 3.8) is 0 Å². The summed E-state index contributed by atoms with van der Waals surface area (Å²) < 4.78 is 28.6. The molecule has 1 saturated heterocycles. The van der Waals surface area contributed by atoms with Crippen LogP contribution in [0.2, 0.25) is 0 Å². The van der Waals surface area contributed by atoms with Crippen molar-refractivity contribution in [3.8, 4) is 0 Å². The maximum absolute atomic E-state index is 13.9. The molecule has 7 nitrogen and oxygen atoms in total. The fourth-order valence-corrected chi connectivity index (χ4v) is 3.30. The van der Waals surface area contributed by atoms with Gasteiger partial charge in [0.2, 0.25) is 5.91 Å². The molecule has 2 aromatic heterocycles. The number of aromatic nitrogens is 4. The van der Waals surface area contributed by atoms with Gasteiger partial charge in [-0.1, -0.05) is 6.07 Å². The summed E-state index contributed by atoms with van der Waals surface area (Å²) in [4.78, 5) is 24.7. The number of amides is 1. The zero-order valence-corrected chi connectivity index (χ0v) is 15.0. The van der Waals surface area contributed by atoms with Crippen LogP contribution in [0.1, 0.15) is 16.8 Å². The van der Waals surface area contributed by atoms with Gasteiger partial charge in [0.15, 0.2) is 0 Å². The summed E-state index contributed by atoms with van der Waals surface area (Å²) in [7, 11) is 0. The van der Waals surface area contributed by atoms with E-state index in [4.69, 9.17) is 0 Å². The summed E-state index contributed by atoms with van der Waals surface area (Å²) in [5, 5.41) is 4.22. The van der Waals surface area contributed by atoms with E-state index in [0.29, 0.717) is 24.4 Å². The lowest BCUT2D eigenvalue weighted by Gasteiger charge is -2.36. The minimum Gasteiger partial charge on any atom is -0.345 e. The number of anilines is 1. The summed E-state index contributed by atoms with van der Waals surface area (Å²) in [5.74, 6) is -0.137. The smallest absolute Gasteiger partial charge is 0.254 e. The Kier molecular flexibility index (Phi) is 4.21. The van der Waals surface area contributed by atoms with Crippen LogP contribution in [0.25, 0.3) is 5.78 Å². The van der Waals surface area contributed by atoms with Crippen molar-refractivity contribution in [1.29, 1.82) is 0 Å². The Hall–Kier alpha value is -3.10. The molecule has 1 aliphatic rings. The fourth-order valence-electron chi connectivity index (χ4n) is 3.30. The molecule has 0 radical (unpaired) electrons. The van der Waals surface area contributed by atoms with Crippen LogP contribution in [0.5, 0.6) is 0 Å². The normalized spacial score (nSPS) is 15.0. The first-order chi connectivity index (χ1) is 12.9. The zero-order chi connectivity index (χ0) is 19.1. The second-order valence-electron chi connectivity index (χ2n) is 6.59. The molecular formula is C18H18F2N6O. The molecule has 3 aromatic rings. The SMILES string of the molecule is Cc1nc2ncnn2c(N2CCN(Cc3ccc(F)cc3F)C(=O)C2)c1C. The average molecular weight is 372 g/mol. The third-order valence-electron chi connectivity index (χ3n) is 4.87. The maximum atomic E-state index is 13.9. The highest BCUT2D eigenvalue weighted by molar-refractivity contribution is 5.83. The molecule has 1 aliphatic heterocycles. The number of halogens is 2. The van der Waals surface area contributed by atoms with Crippen LogP contribution in [-0.4, -0.2) is 50.0 Å². The number of carbonyl (C=O) groups excluding carboxylic acids is 1. The molecular weight excluding hydrogens is 354 g/mol. The monoisotopic (exact) mass is 372 g/mol. The number of fused-ring (bicyclic) bond motifs is 1. The predicted molar refractivity (Wildman–Crippen MR) is 94.2 cm³/mol. The van der Waals surface area contributed by atoms with Gasteiger partial charge in [0, 0.05) is 42.5 Å². The molecule has 27 heavy (non-hydrogen) atoms. The third-order valence-corrected chi connectivity index (χ3v) is 4.87. The van der Waals surface area contributed by atoms with Gasteiger partial charge in [-0.3, -0.25) is 4.79 Å². The lowest BCUT2D eigenvalue weighted by molar-refractivity contribution is -0.131. The van der Waals surface area contributed by atoms with Gasteiger partial charge in [0.25, 0.3) is 5.78 Å². The van der Waals surface area contributed by atoms with Crippen molar-refractivity contribution in [2.24, 2.45) is 0 Å². The van der Waals surface area contributed by atoms with Gasteiger partial charge in [0.1, 0.15) is 23.8 Å². The molecule has 0 N–H and O–H groups in total. The number of hydrogen-bond donors (Lipinski definition) is 0. The molecule has 0 aliphatic carbocycles. The van der Waals surface area contributed by atoms with E-state index in [1.54, 1.807) is 9.42 Å². The molecule has 0 saturated carbocycles. The quantitative estimate of drug-likeness (QED) is 0.702. The Morgan fingerprint density at radius 3 is 2.74 bits per heavy atom. The van der Waals surface area contributed by atoms with Gasteiger partial charge < -0.3 is 9.80 Å². The highest BCUT2D eigenvalue weighted by Gasteiger charge is 2.28. The van der Waals surface area contributed by atoms with Gasteiger partial charge in [-0.15, -0.1) is 0 Å². The summed E-state index contributed by atoms with van der Waals surface area (Å²) in [6, 6.07) is 3.41. The van der Waals surface area contributed by atoms with E-state index in [2.05, 4.69) is 15.1 Å². The summed E-state index contributed by atoms with van der Waals surface area (Å²) in [6.07, 6.45) is 1.43. The molecule has 9 heteroatoms. The molecule has 0 atom stereocenters. The van der Waals surface area contributed by atoms with Gasteiger partial charge >= 0.3 is 0 Å². The zero-order valence-electron chi connectivity index (χ0n) is 15.0. The van der Waals surface area contributed by atoms with E-state index in [9.17, 15) is 13.6 Å². The number of aryl methyl sites for hydroxylation is 1. The predicted octanol–water partition coefficient (Wildman–Crippen LogP) is 1.87. The first-order valence-electron chi connectivity index (χ1n) is 8.57. The highest BCUT2D eigenvalue weighted by Crippen LogP contribution is 2.24. The number of rotatable bonds is 3. The molecule has 0 bridgehead atoms. The van der Waals surface area contributed by atoms with E-state index >= 15 is 0 Å². The first-order valence-corrected chi connectivity index (χ1v) is 8.57. The number of benzene rings is 1. The summed E-state index contributed by atoms with van der Waals surface area (Å²) in [5.41, 5.74) is 2.06. The van der Waals surface area contributed by atoms with Crippen LogP contribution in [-0.2, 0) is 11.3 Å². The lowest BCUT2D eigenvalue weighted by Crippen LogP contribution is -2.50. The fraction of sp³-hybridized carbons (Fsp3) is 0.333. The number of carbonyl (C=O) groups is 1. The number of nitrogens with zero attached hydrogens (tertiary/aromatic N) is 6. The molecule has 0 unspecified atom stereocenters. The van der Waals surface area contributed by atoms with Crippen LogP contribution in [0.4, 0.5) is 14.6 Å². The van der Waals surface area contributed by atoms with Crippen molar-refractivity contribution < 1.29 is 13.6 Å². The summed E-state index contributed by atoms with van der Waals surface area (Å²) >= 11 is 0. The second kappa shape index (κ2) is 6.57. The highest BCUT2D eigenvalue weighted by atomic mass is 19.1. The largest absolute Gasteiger partial charge is 0.345 e. The number of hydrogen-bond acceptors (Lipinski definition) is 5. The van der Waals surface area contributed by atoms with E-state index < -0.39 is 11.6 Å².